The van der Waals surface area contributed by atoms with Gasteiger partial charge in [-0.1, -0.05) is 44.2 Å². The van der Waals surface area contributed by atoms with Crippen LogP contribution >= 0.6 is 0 Å². The van der Waals surface area contributed by atoms with Crippen molar-refractivity contribution in [3.63, 3.8) is 0 Å². The number of nitrogens with zero attached hydrogens (tertiary/aromatic N) is 1. The van der Waals surface area contributed by atoms with Gasteiger partial charge in [0.2, 0.25) is 5.91 Å². The molecule has 3 nitrogen and oxygen atoms in total. The summed E-state index contributed by atoms with van der Waals surface area (Å²) in [7, 11) is 0. The van der Waals surface area contributed by atoms with Gasteiger partial charge in [0, 0.05) is 19.1 Å². The summed E-state index contributed by atoms with van der Waals surface area (Å²) in [5.74, 6) is 0.0240. The molecule has 0 spiro atoms. The van der Waals surface area contributed by atoms with Crippen molar-refractivity contribution in [2.75, 3.05) is 6.54 Å². The first-order valence-electron chi connectivity index (χ1n) is 6.64. The van der Waals surface area contributed by atoms with Crippen LogP contribution in [0.15, 0.2) is 30.3 Å². The van der Waals surface area contributed by atoms with Crippen molar-refractivity contribution in [2.24, 2.45) is 11.7 Å². The standard InChI is InChI=1S/C15H24N2O/c1-4-10-17(15(18)12(2)13(3)16)11-14-8-6-5-7-9-14/h5-9,12-13H,4,10-11,16H2,1-3H3. The molecule has 0 saturated heterocycles. The van der Waals surface area contributed by atoms with Gasteiger partial charge in [-0.25, -0.2) is 0 Å². The molecule has 2 atom stereocenters. The van der Waals surface area contributed by atoms with E-state index in [0.717, 1.165) is 18.5 Å². The van der Waals surface area contributed by atoms with Crippen LogP contribution in [0.3, 0.4) is 0 Å². The maximum Gasteiger partial charge on any atom is 0.227 e. The van der Waals surface area contributed by atoms with Crippen LogP contribution < -0.4 is 5.73 Å². The van der Waals surface area contributed by atoms with Crippen LogP contribution in [0.1, 0.15) is 32.8 Å². The number of nitrogens with two attached hydrogens (primary N) is 1. The highest BCUT2D eigenvalue weighted by molar-refractivity contribution is 5.79. The molecule has 0 radical (unpaired) electrons. The molecule has 0 aliphatic heterocycles. The molecule has 1 aromatic carbocycles. The molecule has 0 aliphatic rings. The van der Waals surface area contributed by atoms with Crippen LogP contribution in [0, 0.1) is 5.92 Å². The molecule has 2 N–H and O–H groups in total. The van der Waals surface area contributed by atoms with E-state index < -0.39 is 0 Å². The number of benzene rings is 1. The quantitative estimate of drug-likeness (QED) is 0.840. The molecule has 0 heterocycles. The first-order valence-corrected chi connectivity index (χ1v) is 6.64. The number of rotatable bonds is 6. The van der Waals surface area contributed by atoms with E-state index in [0.29, 0.717) is 6.54 Å². The minimum Gasteiger partial charge on any atom is -0.338 e. The van der Waals surface area contributed by atoms with E-state index in [1.165, 1.54) is 0 Å². The second-order valence-electron chi connectivity index (χ2n) is 4.89. The Kier molecular flexibility index (Phi) is 5.86. The summed E-state index contributed by atoms with van der Waals surface area (Å²) in [5.41, 5.74) is 6.98. The van der Waals surface area contributed by atoms with E-state index >= 15 is 0 Å². The van der Waals surface area contributed by atoms with Crippen LogP contribution in [0.4, 0.5) is 0 Å². The zero-order chi connectivity index (χ0) is 13.5. The van der Waals surface area contributed by atoms with Gasteiger partial charge in [0.05, 0.1) is 5.92 Å². The lowest BCUT2D eigenvalue weighted by Crippen LogP contribution is -2.41. The fourth-order valence-corrected chi connectivity index (χ4v) is 1.85. The monoisotopic (exact) mass is 248 g/mol. The third-order valence-corrected chi connectivity index (χ3v) is 3.20. The first-order chi connectivity index (χ1) is 8.56. The Morgan fingerprint density at radius 1 is 1.28 bits per heavy atom. The molecular weight excluding hydrogens is 224 g/mol. The van der Waals surface area contributed by atoms with Crippen molar-refractivity contribution in [1.29, 1.82) is 0 Å². The number of carbonyl (C=O) groups is 1. The molecule has 1 aromatic rings. The van der Waals surface area contributed by atoms with Crippen LogP contribution in [0.2, 0.25) is 0 Å². The third-order valence-electron chi connectivity index (χ3n) is 3.20. The normalized spacial score (nSPS) is 14.0. The molecule has 3 heteroatoms. The summed E-state index contributed by atoms with van der Waals surface area (Å²) < 4.78 is 0. The third kappa shape index (κ3) is 4.15. The maximum atomic E-state index is 12.3. The molecule has 2 unspecified atom stereocenters. The maximum absolute atomic E-state index is 12.3. The Balaban J connectivity index is 2.73. The Bertz CT molecular complexity index is 362. The minimum atomic E-state index is -0.125. The van der Waals surface area contributed by atoms with Crippen molar-refractivity contribution in [3.8, 4) is 0 Å². The van der Waals surface area contributed by atoms with Gasteiger partial charge in [0.1, 0.15) is 0 Å². The molecule has 0 aromatic heterocycles. The van der Waals surface area contributed by atoms with Crippen molar-refractivity contribution in [2.45, 2.75) is 39.8 Å². The fraction of sp³-hybridized carbons (Fsp3) is 0.533. The van der Waals surface area contributed by atoms with Gasteiger partial charge in [-0.15, -0.1) is 0 Å². The van der Waals surface area contributed by atoms with E-state index in [-0.39, 0.29) is 17.9 Å². The summed E-state index contributed by atoms with van der Waals surface area (Å²) in [6.45, 7) is 7.33. The van der Waals surface area contributed by atoms with E-state index in [4.69, 9.17) is 5.73 Å². The minimum absolute atomic E-state index is 0.104. The van der Waals surface area contributed by atoms with Crippen LogP contribution in [0.5, 0.6) is 0 Å². The Morgan fingerprint density at radius 3 is 2.39 bits per heavy atom. The average Bonchev–Trinajstić information content (AvgIpc) is 2.37. The average molecular weight is 248 g/mol. The first kappa shape index (κ1) is 14.7. The molecule has 0 bridgehead atoms. The number of hydrogen-bond acceptors (Lipinski definition) is 2. The van der Waals surface area contributed by atoms with Crippen molar-refractivity contribution in [3.05, 3.63) is 35.9 Å². The Labute approximate surface area is 110 Å². The van der Waals surface area contributed by atoms with Crippen molar-refractivity contribution in [1.82, 2.24) is 4.90 Å². The van der Waals surface area contributed by atoms with Crippen molar-refractivity contribution >= 4 is 5.91 Å². The second kappa shape index (κ2) is 7.17. The zero-order valence-corrected chi connectivity index (χ0v) is 11.6. The summed E-state index contributed by atoms with van der Waals surface area (Å²) in [6, 6.07) is 9.98. The van der Waals surface area contributed by atoms with Gasteiger partial charge in [0.15, 0.2) is 0 Å². The summed E-state index contributed by atoms with van der Waals surface area (Å²) in [6.07, 6.45) is 0.963. The van der Waals surface area contributed by atoms with E-state index in [9.17, 15) is 4.79 Å². The predicted molar refractivity (Wildman–Crippen MR) is 75.0 cm³/mol. The number of amides is 1. The van der Waals surface area contributed by atoms with Crippen molar-refractivity contribution < 1.29 is 4.79 Å². The molecule has 18 heavy (non-hydrogen) atoms. The molecule has 100 valence electrons. The van der Waals surface area contributed by atoms with E-state index in [1.807, 2.05) is 49.1 Å². The molecule has 0 fully saturated rings. The van der Waals surface area contributed by atoms with E-state index in [2.05, 4.69) is 6.92 Å². The lowest BCUT2D eigenvalue weighted by molar-refractivity contribution is -0.136. The van der Waals surface area contributed by atoms with Gasteiger partial charge < -0.3 is 10.6 Å². The predicted octanol–water partition coefficient (Wildman–Crippen LogP) is 2.41. The second-order valence-corrected chi connectivity index (χ2v) is 4.89. The summed E-state index contributed by atoms with van der Waals surface area (Å²) >= 11 is 0. The molecular formula is C15H24N2O. The highest BCUT2D eigenvalue weighted by Crippen LogP contribution is 2.11. The van der Waals surface area contributed by atoms with Gasteiger partial charge >= 0.3 is 0 Å². The molecule has 1 amide bonds. The van der Waals surface area contributed by atoms with Crippen LogP contribution in [-0.2, 0) is 11.3 Å². The van der Waals surface area contributed by atoms with Gasteiger partial charge in [0.25, 0.3) is 0 Å². The Hall–Kier alpha value is -1.35. The summed E-state index contributed by atoms with van der Waals surface area (Å²) in [4.78, 5) is 14.2. The largest absolute Gasteiger partial charge is 0.338 e. The lowest BCUT2D eigenvalue weighted by atomic mass is 10.0. The van der Waals surface area contributed by atoms with Crippen LogP contribution in [-0.4, -0.2) is 23.4 Å². The Morgan fingerprint density at radius 2 is 1.89 bits per heavy atom. The van der Waals surface area contributed by atoms with Crippen LogP contribution in [0.25, 0.3) is 0 Å². The highest BCUT2D eigenvalue weighted by Gasteiger charge is 2.22. The fourth-order valence-electron chi connectivity index (χ4n) is 1.85. The lowest BCUT2D eigenvalue weighted by Gasteiger charge is -2.27. The highest BCUT2D eigenvalue weighted by atomic mass is 16.2. The number of hydrogen-bond donors (Lipinski definition) is 1. The molecule has 1 rings (SSSR count). The van der Waals surface area contributed by atoms with Gasteiger partial charge in [-0.3, -0.25) is 4.79 Å². The smallest absolute Gasteiger partial charge is 0.227 e. The topological polar surface area (TPSA) is 46.3 Å². The van der Waals surface area contributed by atoms with Gasteiger partial charge in [-0.05, 0) is 18.9 Å². The van der Waals surface area contributed by atoms with Gasteiger partial charge in [-0.2, -0.15) is 0 Å². The number of carbonyl (C=O) groups excluding carboxylic acids is 1. The molecule has 0 aliphatic carbocycles. The molecule has 0 saturated carbocycles. The SMILES string of the molecule is CCCN(Cc1ccccc1)C(=O)C(C)C(C)N. The van der Waals surface area contributed by atoms with E-state index in [1.54, 1.807) is 0 Å². The summed E-state index contributed by atoms with van der Waals surface area (Å²) in [5, 5.41) is 0. The zero-order valence-electron chi connectivity index (χ0n) is 11.6.